The quantitative estimate of drug-likeness (QED) is 0.508. The van der Waals surface area contributed by atoms with Gasteiger partial charge in [0.1, 0.15) is 24.8 Å². The Bertz CT molecular complexity index is 937. The van der Waals surface area contributed by atoms with E-state index in [9.17, 15) is 15.2 Å². The number of hydrogen-bond acceptors (Lipinski definition) is 6. The second-order valence-electron chi connectivity index (χ2n) is 6.33. The van der Waals surface area contributed by atoms with E-state index in [0.29, 0.717) is 11.4 Å². The van der Waals surface area contributed by atoms with Crippen molar-refractivity contribution in [1.82, 2.24) is 14.8 Å². The average molecular weight is 368 g/mol. The maximum Gasteiger partial charge on any atom is 0.269 e. The largest absolute Gasteiger partial charge is 0.491 e. The molecule has 0 aliphatic carbocycles. The highest BCUT2D eigenvalue weighted by atomic mass is 16.6. The van der Waals surface area contributed by atoms with Gasteiger partial charge in [0.2, 0.25) is 0 Å². The van der Waals surface area contributed by atoms with Gasteiger partial charge >= 0.3 is 0 Å². The molecule has 1 atom stereocenters. The van der Waals surface area contributed by atoms with Crippen LogP contribution in [0, 0.1) is 24.0 Å². The van der Waals surface area contributed by atoms with Crippen LogP contribution in [-0.2, 0) is 6.54 Å². The number of benzene rings is 2. The molecular weight excluding hydrogens is 348 g/mol. The number of aliphatic hydroxyl groups excluding tert-OH is 1. The molecule has 140 valence electrons. The second kappa shape index (κ2) is 7.96. The van der Waals surface area contributed by atoms with Crippen LogP contribution in [0.15, 0.2) is 48.8 Å². The minimum Gasteiger partial charge on any atom is -0.491 e. The number of nitro groups is 1. The van der Waals surface area contributed by atoms with E-state index in [2.05, 4.69) is 10.1 Å². The number of nitrogens with zero attached hydrogens (tertiary/aromatic N) is 4. The van der Waals surface area contributed by atoms with Crippen LogP contribution in [0.1, 0.15) is 11.1 Å². The number of aliphatic hydroxyl groups is 1. The third kappa shape index (κ3) is 4.68. The number of nitro benzene ring substituents is 1. The van der Waals surface area contributed by atoms with Crippen LogP contribution < -0.4 is 4.74 Å². The first-order valence-corrected chi connectivity index (χ1v) is 8.45. The van der Waals surface area contributed by atoms with E-state index in [1.165, 1.54) is 23.1 Å². The standard InChI is InChI=1S/C19H20N4O4/c1-13-3-4-14(2)18(9-13)27-11-17(24)10-22-12-20-19(21-22)15-5-7-16(8-6-15)23(25)26/h3-9,12,17,24H,10-11H2,1-2H3. The van der Waals surface area contributed by atoms with Crippen molar-refractivity contribution in [3.63, 3.8) is 0 Å². The maximum atomic E-state index is 10.7. The Hall–Kier alpha value is -3.26. The third-order valence-electron chi connectivity index (χ3n) is 4.05. The molecule has 0 saturated heterocycles. The van der Waals surface area contributed by atoms with Crippen LogP contribution in [0.3, 0.4) is 0 Å². The first-order valence-electron chi connectivity index (χ1n) is 8.45. The normalized spacial score (nSPS) is 12.0. The number of aryl methyl sites for hydroxylation is 2. The van der Waals surface area contributed by atoms with Crippen molar-refractivity contribution in [2.24, 2.45) is 0 Å². The lowest BCUT2D eigenvalue weighted by Crippen LogP contribution is -2.24. The molecule has 1 aromatic heterocycles. The van der Waals surface area contributed by atoms with Gasteiger partial charge in [0.05, 0.1) is 11.5 Å². The molecule has 0 amide bonds. The Morgan fingerprint density at radius 2 is 1.96 bits per heavy atom. The molecule has 3 rings (SSSR count). The van der Waals surface area contributed by atoms with Gasteiger partial charge in [0, 0.05) is 17.7 Å². The van der Waals surface area contributed by atoms with Gasteiger partial charge in [-0.1, -0.05) is 12.1 Å². The topological polar surface area (TPSA) is 103 Å². The fourth-order valence-corrected chi connectivity index (χ4v) is 2.56. The van der Waals surface area contributed by atoms with Crippen LogP contribution in [0.25, 0.3) is 11.4 Å². The van der Waals surface area contributed by atoms with Crippen molar-refractivity contribution in [2.45, 2.75) is 26.5 Å². The molecule has 0 bridgehead atoms. The van der Waals surface area contributed by atoms with E-state index in [1.54, 1.807) is 12.1 Å². The molecular formula is C19H20N4O4. The van der Waals surface area contributed by atoms with Crippen LogP contribution >= 0.6 is 0 Å². The van der Waals surface area contributed by atoms with Crippen LogP contribution in [0.2, 0.25) is 0 Å². The summed E-state index contributed by atoms with van der Waals surface area (Å²) in [6.07, 6.45) is 0.758. The van der Waals surface area contributed by atoms with Gasteiger partial charge in [-0.05, 0) is 43.2 Å². The Balaban J connectivity index is 1.59. The smallest absolute Gasteiger partial charge is 0.269 e. The Morgan fingerprint density at radius 1 is 1.22 bits per heavy atom. The highest BCUT2D eigenvalue weighted by Crippen LogP contribution is 2.20. The summed E-state index contributed by atoms with van der Waals surface area (Å²) in [5.74, 6) is 1.19. The molecule has 1 unspecified atom stereocenters. The fourth-order valence-electron chi connectivity index (χ4n) is 2.56. The average Bonchev–Trinajstić information content (AvgIpc) is 3.11. The minimum absolute atomic E-state index is 0.0113. The van der Waals surface area contributed by atoms with Gasteiger partial charge in [-0.3, -0.25) is 10.1 Å². The van der Waals surface area contributed by atoms with Crippen LogP contribution in [0.5, 0.6) is 5.75 Å². The molecule has 1 heterocycles. The molecule has 0 fully saturated rings. The van der Waals surface area contributed by atoms with Gasteiger partial charge in [0.25, 0.3) is 5.69 Å². The molecule has 3 aromatic rings. The lowest BCUT2D eigenvalue weighted by Gasteiger charge is -2.14. The van der Waals surface area contributed by atoms with Crippen molar-refractivity contribution in [2.75, 3.05) is 6.61 Å². The number of ether oxygens (including phenoxy) is 1. The van der Waals surface area contributed by atoms with Crippen molar-refractivity contribution in [3.05, 3.63) is 70.0 Å². The molecule has 0 aliphatic heterocycles. The van der Waals surface area contributed by atoms with E-state index >= 15 is 0 Å². The van der Waals surface area contributed by atoms with Crippen LogP contribution in [-0.4, -0.2) is 37.5 Å². The van der Waals surface area contributed by atoms with Gasteiger partial charge in [-0.25, -0.2) is 9.67 Å². The molecule has 0 radical (unpaired) electrons. The van der Waals surface area contributed by atoms with Crippen molar-refractivity contribution < 1.29 is 14.8 Å². The predicted molar refractivity (Wildman–Crippen MR) is 99.5 cm³/mol. The lowest BCUT2D eigenvalue weighted by atomic mass is 10.1. The summed E-state index contributed by atoms with van der Waals surface area (Å²) in [6, 6.07) is 11.9. The van der Waals surface area contributed by atoms with Gasteiger partial charge in [-0.15, -0.1) is 0 Å². The monoisotopic (exact) mass is 368 g/mol. The molecule has 0 saturated carbocycles. The number of rotatable bonds is 7. The van der Waals surface area contributed by atoms with Gasteiger partial charge < -0.3 is 9.84 Å². The molecule has 0 spiro atoms. The summed E-state index contributed by atoms with van der Waals surface area (Å²) >= 11 is 0. The van der Waals surface area contributed by atoms with Gasteiger partial charge in [-0.2, -0.15) is 5.10 Å². The van der Waals surface area contributed by atoms with E-state index in [-0.39, 0.29) is 18.8 Å². The predicted octanol–water partition coefficient (Wildman–Crippen LogP) is 2.91. The Morgan fingerprint density at radius 3 is 2.67 bits per heavy atom. The highest BCUT2D eigenvalue weighted by molar-refractivity contribution is 5.56. The lowest BCUT2D eigenvalue weighted by molar-refractivity contribution is -0.384. The first kappa shape index (κ1) is 18.5. The summed E-state index contributed by atoms with van der Waals surface area (Å²) in [5, 5.41) is 25.2. The number of hydrogen-bond donors (Lipinski definition) is 1. The molecule has 2 aromatic carbocycles. The van der Waals surface area contributed by atoms with E-state index in [1.807, 2.05) is 32.0 Å². The highest BCUT2D eigenvalue weighted by Gasteiger charge is 2.12. The summed E-state index contributed by atoms with van der Waals surface area (Å²) in [7, 11) is 0. The SMILES string of the molecule is Cc1ccc(C)c(OCC(O)Cn2cnc(-c3ccc([N+](=O)[O-])cc3)n2)c1. The zero-order valence-electron chi connectivity index (χ0n) is 15.1. The molecule has 8 heteroatoms. The van der Waals surface area contributed by atoms with Crippen molar-refractivity contribution in [1.29, 1.82) is 0 Å². The van der Waals surface area contributed by atoms with Crippen molar-refractivity contribution >= 4 is 5.69 Å². The second-order valence-corrected chi connectivity index (χ2v) is 6.33. The first-order chi connectivity index (χ1) is 12.9. The molecule has 1 N–H and O–H groups in total. The number of non-ortho nitro benzene ring substituents is 1. The minimum atomic E-state index is -0.753. The molecule has 0 aliphatic rings. The summed E-state index contributed by atoms with van der Waals surface area (Å²) in [4.78, 5) is 14.4. The zero-order chi connectivity index (χ0) is 19.4. The summed E-state index contributed by atoms with van der Waals surface area (Å²) < 4.78 is 7.22. The number of aromatic nitrogens is 3. The van der Waals surface area contributed by atoms with E-state index in [0.717, 1.165) is 16.9 Å². The van der Waals surface area contributed by atoms with E-state index < -0.39 is 11.0 Å². The van der Waals surface area contributed by atoms with Crippen LogP contribution in [0.4, 0.5) is 5.69 Å². The summed E-state index contributed by atoms with van der Waals surface area (Å²) in [5.41, 5.74) is 2.78. The Labute approximate surface area is 156 Å². The molecule has 27 heavy (non-hydrogen) atoms. The Kier molecular flexibility index (Phi) is 5.46. The maximum absolute atomic E-state index is 10.7. The van der Waals surface area contributed by atoms with Crippen molar-refractivity contribution in [3.8, 4) is 17.1 Å². The summed E-state index contributed by atoms with van der Waals surface area (Å²) in [6.45, 7) is 4.30. The molecule has 8 nitrogen and oxygen atoms in total. The third-order valence-corrected chi connectivity index (χ3v) is 4.05. The fraction of sp³-hybridized carbons (Fsp3) is 0.263. The van der Waals surface area contributed by atoms with Gasteiger partial charge in [0.15, 0.2) is 5.82 Å². The zero-order valence-corrected chi connectivity index (χ0v) is 15.1. The van der Waals surface area contributed by atoms with E-state index in [4.69, 9.17) is 4.74 Å².